The molecule has 0 N–H and O–H groups in total. The third-order valence-electron chi connectivity index (χ3n) is 5.33. The van der Waals surface area contributed by atoms with E-state index in [1.54, 1.807) is 11.1 Å². The molecule has 0 radical (unpaired) electrons. The van der Waals surface area contributed by atoms with Crippen LogP contribution in [0.1, 0.15) is 35.3 Å². The van der Waals surface area contributed by atoms with Crippen LogP contribution in [0.2, 0.25) is 0 Å². The van der Waals surface area contributed by atoms with Crippen molar-refractivity contribution in [3.05, 3.63) is 53.9 Å². The van der Waals surface area contributed by atoms with Gasteiger partial charge in [0.15, 0.2) is 0 Å². The fourth-order valence-corrected chi connectivity index (χ4v) is 3.86. The van der Waals surface area contributed by atoms with Gasteiger partial charge in [0.1, 0.15) is 6.61 Å². The van der Waals surface area contributed by atoms with Gasteiger partial charge in [-0.15, -0.1) is 0 Å². The van der Waals surface area contributed by atoms with Crippen molar-refractivity contribution >= 4 is 12.0 Å². The van der Waals surface area contributed by atoms with Crippen molar-refractivity contribution in [2.45, 2.75) is 32.3 Å². The summed E-state index contributed by atoms with van der Waals surface area (Å²) in [6, 6.07) is 11.6. The summed E-state index contributed by atoms with van der Waals surface area (Å²) < 4.78 is 6.93. The van der Waals surface area contributed by atoms with Crippen molar-refractivity contribution in [2.75, 3.05) is 13.1 Å². The lowest BCUT2D eigenvalue weighted by Gasteiger charge is -2.43. The first-order valence-corrected chi connectivity index (χ1v) is 8.67. The van der Waals surface area contributed by atoms with Gasteiger partial charge in [0, 0.05) is 31.4 Å². The highest BCUT2D eigenvalue weighted by atomic mass is 16.6. The maximum atomic E-state index is 12.3. The Morgan fingerprint density at radius 1 is 1.12 bits per heavy atom. The van der Waals surface area contributed by atoms with E-state index in [4.69, 9.17) is 4.74 Å². The van der Waals surface area contributed by atoms with Crippen LogP contribution in [0.15, 0.2) is 42.6 Å². The molecular formula is C19H21N3O3. The molecule has 0 atom stereocenters. The molecule has 1 amide bonds. The highest BCUT2D eigenvalue weighted by Gasteiger charge is 2.42. The Balaban J connectivity index is 1.34. The number of amides is 1. The zero-order valence-electron chi connectivity index (χ0n) is 14.1. The minimum absolute atomic E-state index is 0.0384. The van der Waals surface area contributed by atoms with Gasteiger partial charge in [-0.3, -0.25) is 4.79 Å². The summed E-state index contributed by atoms with van der Waals surface area (Å²) in [5.41, 5.74) is 1.93. The number of piperidine rings is 1. The van der Waals surface area contributed by atoms with E-state index < -0.39 is 0 Å². The summed E-state index contributed by atoms with van der Waals surface area (Å²) in [5.74, 6) is 0.0614. The molecule has 1 spiro atoms. The average molecular weight is 339 g/mol. The van der Waals surface area contributed by atoms with Gasteiger partial charge in [-0.25, -0.2) is 9.48 Å². The van der Waals surface area contributed by atoms with Gasteiger partial charge in [0.05, 0.1) is 0 Å². The van der Waals surface area contributed by atoms with Crippen molar-refractivity contribution in [3.8, 4) is 0 Å². The molecule has 2 aliphatic heterocycles. The SMILES string of the molecule is O=C(OCc1ccccc1)N1CCC2(CC1)CC(=O)n1nccc1C2. The smallest absolute Gasteiger partial charge is 0.410 e. The molecule has 6 heteroatoms. The summed E-state index contributed by atoms with van der Waals surface area (Å²) in [5, 5.41) is 4.09. The monoisotopic (exact) mass is 339 g/mol. The predicted molar refractivity (Wildman–Crippen MR) is 91.0 cm³/mol. The highest BCUT2D eigenvalue weighted by Crippen LogP contribution is 2.41. The molecular weight excluding hydrogens is 318 g/mol. The van der Waals surface area contributed by atoms with Crippen LogP contribution in [0.3, 0.4) is 0 Å². The molecule has 6 nitrogen and oxygen atoms in total. The predicted octanol–water partition coefficient (Wildman–Crippen LogP) is 2.89. The third-order valence-corrected chi connectivity index (χ3v) is 5.33. The van der Waals surface area contributed by atoms with Crippen LogP contribution >= 0.6 is 0 Å². The molecule has 25 heavy (non-hydrogen) atoms. The lowest BCUT2D eigenvalue weighted by molar-refractivity contribution is 0.0451. The minimum atomic E-state index is -0.272. The Labute approximate surface area is 146 Å². The zero-order chi connectivity index (χ0) is 17.3. The van der Waals surface area contributed by atoms with Crippen LogP contribution in [0, 0.1) is 5.41 Å². The van der Waals surface area contributed by atoms with Crippen molar-refractivity contribution in [1.29, 1.82) is 0 Å². The van der Waals surface area contributed by atoms with Crippen LogP contribution in [0.25, 0.3) is 0 Å². The standard InChI is InChI=1S/C19H21N3O3/c23-17-13-19(12-16-6-9-20-22(16)17)7-10-21(11-8-19)18(24)25-14-15-4-2-1-3-5-15/h1-6,9H,7-8,10-14H2. The summed E-state index contributed by atoms with van der Waals surface area (Å²) in [6.45, 7) is 1.56. The van der Waals surface area contributed by atoms with E-state index in [-0.39, 0.29) is 17.4 Å². The van der Waals surface area contributed by atoms with Gasteiger partial charge in [-0.05, 0) is 36.3 Å². The van der Waals surface area contributed by atoms with Gasteiger partial charge >= 0.3 is 6.09 Å². The van der Waals surface area contributed by atoms with Crippen LogP contribution < -0.4 is 0 Å². The molecule has 2 aromatic rings. The van der Waals surface area contributed by atoms with E-state index in [1.165, 1.54) is 4.68 Å². The Morgan fingerprint density at radius 3 is 2.64 bits per heavy atom. The molecule has 0 bridgehead atoms. The van der Waals surface area contributed by atoms with E-state index in [9.17, 15) is 9.59 Å². The number of likely N-dealkylation sites (tertiary alicyclic amines) is 1. The Morgan fingerprint density at radius 2 is 1.88 bits per heavy atom. The quantitative estimate of drug-likeness (QED) is 0.844. The average Bonchev–Trinajstić information content (AvgIpc) is 3.10. The summed E-state index contributed by atoms with van der Waals surface area (Å²) >= 11 is 0. The fraction of sp³-hybridized carbons (Fsp3) is 0.421. The summed E-state index contributed by atoms with van der Waals surface area (Å²) in [7, 11) is 0. The molecule has 130 valence electrons. The van der Waals surface area contributed by atoms with Crippen molar-refractivity contribution in [3.63, 3.8) is 0 Å². The second kappa shape index (κ2) is 6.35. The highest BCUT2D eigenvalue weighted by molar-refractivity contribution is 5.80. The Bertz CT molecular complexity index is 776. The van der Waals surface area contributed by atoms with Gasteiger partial charge in [-0.1, -0.05) is 30.3 Å². The summed E-state index contributed by atoms with van der Waals surface area (Å²) in [6.07, 6.45) is 4.42. The number of ether oxygens (including phenoxy) is 1. The number of carbonyl (C=O) groups is 2. The van der Waals surface area contributed by atoms with Gasteiger partial charge in [-0.2, -0.15) is 5.10 Å². The van der Waals surface area contributed by atoms with Crippen LogP contribution in [-0.4, -0.2) is 39.8 Å². The number of benzene rings is 1. The number of rotatable bonds is 2. The number of hydrogen-bond acceptors (Lipinski definition) is 4. The molecule has 1 saturated heterocycles. The van der Waals surface area contributed by atoms with E-state index >= 15 is 0 Å². The minimum Gasteiger partial charge on any atom is -0.445 e. The van der Waals surface area contributed by atoms with Gasteiger partial charge in [0.2, 0.25) is 5.91 Å². The van der Waals surface area contributed by atoms with Gasteiger partial charge in [0.25, 0.3) is 0 Å². The van der Waals surface area contributed by atoms with Crippen LogP contribution in [0.5, 0.6) is 0 Å². The number of aromatic nitrogens is 2. The molecule has 3 heterocycles. The van der Waals surface area contributed by atoms with Crippen molar-refractivity contribution in [2.24, 2.45) is 5.41 Å². The lowest BCUT2D eigenvalue weighted by Crippen LogP contribution is -2.47. The Hall–Kier alpha value is -2.63. The number of fused-ring (bicyclic) bond motifs is 1. The van der Waals surface area contributed by atoms with E-state index in [0.717, 1.165) is 30.5 Å². The van der Waals surface area contributed by atoms with Crippen molar-refractivity contribution in [1.82, 2.24) is 14.7 Å². The molecule has 1 aromatic carbocycles. The van der Waals surface area contributed by atoms with E-state index in [2.05, 4.69) is 5.10 Å². The number of nitrogens with zero attached hydrogens (tertiary/aromatic N) is 3. The molecule has 1 aromatic heterocycles. The first-order chi connectivity index (χ1) is 12.2. The van der Waals surface area contributed by atoms with Crippen molar-refractivity contribution < 1.29 is 14.3 Å². The molecule has 0 unspecified atom stereocenters. The van der Waals surface area contributed by atoms with E-state index in [0.29, 0.717) is 26.1 Å². The normalized spacial score (nSPS) is 18.9. The maximum absolute atomic E-state index is 12.3. The summed E-state index contributed by atoms with van der Waals surface area (Å²) in [4.78, 5) is 26.3. The number of carbonyl (C=O) groups excluding carboxylic acids is 2. The van der Waals surface area contributed by atoms with Gasteiger partial charge < -0.3 is 9.64 Å². The second-order valence-corrected chi connectivity index (χ2v) is 7.01. The first kappa shape index (κ1) is 15.9. The fourth-order valence-electron chi connectivity index (χ4n) is 3.86. The third kappa shape index (κ3) is 3.16. The number of hydrogen-bond donors (Lipinski definition) is 0. The topological polar surface area (TPSA) is 64.4 Å². The van der Waals surface area contributed by atoms with Crippen LogP contribution in [-0.2, 0) is 17.8 Å². The van der Waals surface area contributed by atoms with Crippen LogP contribution in [0.4, 0.5) is 4.79 Å². The molecule has 1 fully saturated rings. The van der Waals surface area contributed by atoms with E-state index in [1.807, 2.05) is 36.4 Å². The second-order valence-electron chi connectivity index (χ2n) is 7.01. The molecule has 4 rings (SSSR count). The lowest BCUT2D eigenvalue weighted by atomic mass is 9.71. The zero-order valence-corrected chi connectivity index (χ0v) is 14.1. The molecule has 0 aliphatic carbocycles. The largest absolute Gasteiger partial charge is 0.445 e. The first-order valence-electron chi connectivity index (χ1n) is 8.67. The maximum Gasteiger partial charge on any atom is 0.410 e. The Kier molecular flexibility index (Phi) is 4.03. The molecule has 2 aliphatic rings. The molecule has 0 saturated carbocycles.